The average molecular weight is 415 g/mol. The highest BCUT2D eigenvalue weighted by atomic mass is 35.5. The van der Waals surface area contributed by atoms with Gasteiger partial charge in [-0.25, -0.2) is 4.98 Å². The fourth-order valence-electron chi connectivity index (χ4n) is 2.86. The second kappa shape index (κ2) is 7.97. The number of aromatic nitrogens is 1. The third kappa shape index (κ3) is 5.36. The van der Waals surface area contributed by atoms with E-state index >= 15 is 0 Å². The SMILES string of the molecule is O=C(C[C@H](O)c1ccc(Cl)nc1)NC1(c2cccc(OCC(F)(F)F)c2)CC1. The maximum Gasteiger partial charge on any atom is 0.422 e. The lowest BCUT2D eigenvalue weighted by Gasteiger charge is -2.20. The number of amides is 1. The second-order valence-corrected chi connectivity index (χ2v) is 7.08. The van der Waals surface area contributed by atoms with Crippen molar-refractivity contribution in [2.75, 3.05) is 6.61 Å². The molecule has 1 aromatic heterocycles. The summed E-state index contributed by atoms with van der Waals surface area (Å²) in [5, 5.41) is 13.3. The van der Waals surface area contributed by atoms with Crippen LogP contribution in [0, 0.1) is 0 Å². The summed E-state index contributed by atoms with van der Waals surface area (Å²) >= 11 is 5.70. The molecule has 5 nitrogen and oxygen atoms in total. The van der Waals surface area contributed by atoms with Crippen LogP contribution in [-0.2, 0) is 10.3 Å². The molecule has 1 heterocycles. The molecule has 0 spiro atoms. The van der Waals surface area contributed by atoms with Crippen LogP contribution in [-0.4, -0.2) is 28.8 Å². The minimum absolute atomic E-state index is 0.0858. The van der Waals surface area contributed by atoms with E-state index in [0.717, 1.165) is 0 Å². The number of benzene rings is 1. The molecule has 1 amide bonds. The molecule has 2 N–H and O–H groups in total. The van der Waals surface area contributed by atoms with E-state index in [9.17, 15) is 23.1 Å². The highest BCUT2D eigenvalue weighted by Crippen LogP contribution is 2.46. The minimum atomic E-state index is -4.42. The van der Waals surface area contributed by atoms with Crippen LogP contribution in [0.1, 0.15) is 36.5 Å². The number of carbonyl (C=O) groups excluding carboxylic acids is 1. The third-order valence-corrected chi connectivity index (χ3v) is 4.66. The standard InChI is InChI=1S/C19H18ClF3N2O3/c20-16-5-4-12(10-24-16)15(26)9-17(27)25-18(6-7-18)13-2-1-3-14(8-13)28-11-19(21,22)23/h1-5,8,10,15,26H,6-7,9,11H2,(H,25,27)/t15-/m0/s1. The van der Waals surface area contributed by atoms with Crippen molar-refractivity contribution < 1.29 is 27.8 Å². The molecule has 0 unspecified atom stereocenters. The van der Waals surface area contributed by atoms with Crippen LogP contribution in [0.2, 0.25) is 5.15 Å². The molecule has 1 saturated carbocycles. The Bertz CT molecular complexity index is 839. The number of ether oxygens (including phenoxy) is 1. The monoisotopic (exact) mass is 414 g/mol. The largest absolute Gasteiger partial charge is 0.484 e. The van der Waals surface area contributed by atoms with Crippen molar-refractivity contribution in [3.8, 4) is 5.75 Å². The summed E-state index contributed by atoms with van der Waals surface area (Å²) in [5.41, 5.74) is 0.488. The van der Waals surface area contributed by atoms with Crippen molar-refractivity contribution in [1.82, 2.24) is 10.3 Å². The first kappa shape index (κ1) is 20.4. The molecular formula is C19H18ClF3N2O3. The number of aliphatic hydroxyl groups excluding tert-OH is 1. The highest BCUT2D eigenvalue weighted by Gasteiger charge is 2.46. The quantitative estimate of drug-likeness (QED) is 0.674. The number of alkyl halides is 3. The molecule has 0 aliphatic heterocycles. The molecule has 1 aliphatic rings. The Morgan fingerprint density at radius 2 is 2.07 bits per heavy atom. The van der Waals surface area contributed by atoms with E-state index in [0.29, 0.717) is 24.0 Å². The smallest absolute Gasteiger partial charge is 0.422 e. The van der Waals surface area contributed by atoms with Crippen LogP contribution in [0.15, 0.2) is 42.6 Å². The summed E-state index contributed by atoms with van der Waals surface area (Å²) in [6.45, 7) is -1.38. The zero-order valence-corrected chi connectivity index (χ0v) is 15.4. The zero-order chi connectivity index (χ0) is 20.4. The van der Waals surface area contributed by atoms with Crippen molar-refractivity contribution >= 4 is 17.5 Å². The van der Waals surface area contributed by atoms with E-state index < -0.39 is 24.4 Å². The summed E-state index contributed by atoms with van der Waals surface area (Å²) in [6, 6.07) is 9.35. The van der Waals surface area contributed by atoms with Crippen LogP contribution in [0.4, 0.5) is 13.2 Å². The lowest BCUT2D eigenvalue weighted by Crippen LogP contribution is -2.35. The first-order valence-electron chi connectivity index (χ1n) is 8.57. The molecule has 28 heavy (non-hydrogen) atoms. The normalized spacial score (nSPS) is 16.3. The number of pyridine rings is 1. The number of carbonyl (C=O) groups is 1. The predicted molar refractivity (Wildman–Crippen MR) is 95.9 cm³/mol. The van der Waals surface area contributed by atoms with Gasteiger partial charge in [0.05, 0.1) is 18.1 Å². The third-order valence-electron chi connectivity index (χ3n) is 4.43. The van der Waals surface area contributed by atoms with E-state index in [1.807, 2.05) is 0 Å². The number of hydrogen-bond donors (Lipinski definition) is 2. The van der Waals surface area contributed by atoms with Gasteiger partial charge in [-0.15, -0.1) is 0 Å². The molecule has 1 fully saturated rings. The molecule has 150 valence electrons. The highest BCUT2D eigenvalue weighted by molar-refractivity contribution is 6.29. The number of hydrogen-bond acceptors (Lipinski definition) is 4. The van der Waals surface area contributed by atoms with Crippen LogP contribution in [0.25, 0.3) is 0 Å². The summed E-state index contributed by atoms with van der Waals surface area (Å²) in [7, 11) is 0. The van der Waals surface area contributed by atoms with Gasteiger partial charge in [0.15, 0.2) is 6.61 Å². The van der Waals surface area contributed by atoms with Crippen molar-refractivity contribution in [3.63, 3.8) is 0 Å². The maximum absolute atomic E-state index is 12.4. The van der Waals surface area contributed by atoms with Crippen molar-refractivity contribution in [1.29, 1.82) is 0 Å². The molecule has 3 rings (SSSR count). The Morgan fingerprint density at radius 3 is 2.68 bits per heavy atom. The van der Waals surface area contributed by atoms with Crippen LogP contribution in [0.3, 0.4) is 0 Å². The number of aliphatic hydroxyl groups is 1. The lowest BCUT2D eigenvalue weighted by molar-refractivity contribution is -0.153. The molecule has 0 bridgehead atoms. The van der Waals surface area contributed by atoms with Gasteiger partial charge >= 0.3 is 6.18 Å². The molecule has 0 radical (unpaired) electrons. The molecular weight excluding hydrogens is 397 g/mol. The second-order valence-electron chi connectivity index (χ2n) is 6.70. The fraction of sp³-hybridized carbons (Fsp3) is 0.368. The van der Waals surface area contributed by atoms with Crippen LogP contribution in [0.5, 0.6) is 5.75 Å². The van der Waals surface area contributed by atoms with Crippen molar-refractivity contribution in [2.24, 2.45) is 0 Å². The predicted octanol–water partition coefficient (Wildman–Crippen LogP) is 3.91. The average Bonchev–Trinajstić information content (AvgIpc) is 3.40. The first-order chi connectivity index (χ1) is 13.2. The Kier molecular flexibility index (Phi) is 5.81. The lowest BCUT2D eigenvalue weighted by atomic mass is 10.0. The van der Waals surface area contributed by atoms with Gasteiger partial charge < -0.3 is 15.2 Å². The van der Waals surface area contributed by atoms with E-state index in [1.54, 1.807) is 18.2 Å². The molecule has 1 aromatic carbocycles. The van der Waals surface area contributed by atoms with Gasteiger partial charge in [0.1, 0.15) is 10.9 Å². The van der Waals surface area contributed by atoms with Gasteiger partial charge in [-0.3, -0.25) is 4.79 Å². The van der Waals surface area contributed by atoms with Gasteiger partial charge in [0, 0.05) is 6.20 Å². The van der Waals surface area contributed by atoms with Crippen LogP contribution < -0.4 is 10.1 Å². The number of halogens is 4. The topological polar surface area (TPSA) is 71.5 Å². The van der Waals surface area contributed by atoms with E-state index in [1.165, 1.54) is 24.4 Å². The van der Waals surface area contributed by atoms with Gasteiger partial charge in [-0.05, 0) is 42.2 Å². The van der Waals surface area contributed by atoms with Gasteiger partial charge in [0.2, 0.25) is 5.91 Å². The minimum Gasteiger partial charge on any atom is -0.484 e. The maximum atomic E-state index is 12.4. The van der Waals surface area contributed by atoms with E-state index in [2.05, 4.69) is 10.3 Å². The summed E-state index contributed by atoms with van der Waals surface area (Å²) in [6.07, 6.45) is -2.93. The van der Waals surface area contributed by atoms with E-state index in [-0.39, 0.29) is 23.2 Å². The number of nitrogens with one attached hydrogen (secondary N) is 1. The Hall–Kier alpha value is -2.32. The molecule has 0 saturated heterocycles. The molecule has 1 aliphatic carbocycles. The Labute approximate surface area is 164 Å². The summed E-state index contributed by atoms with van der Waals surface area (Å²) in [4.78, 5) is 16.2. The summed E-state index contributed by atoms with van der Waals surface area (Å²) < 4.78 is 41.8. The number of rotatable bonds is 7. The summed E-state index contributed by atoms with van der Waals surface area (Å²) in [5.74, 6) is -0.288. The molecule has 9 heteroatoms. The van der Waals surface area contributed by atoms with Gasteiger partial charge in [-0.2, -0.15) is 13.2 Å². The first-order valence-corrected chi connectivity index (χ1v) is 8.95. The van der Waals surface area contributed by atoms with E-state index in [4.69, 9.17) is 16.3 Å². The van der Waals surface area contributed by atoms with Gasteiger partial charge in [0.25, 0.3) is 0 Å². The zero-order valence-electron chi connectivity index (χ0n) is 14.7. The van der Waals surface area contributed by atoms with Crippen molar-refractivity contribution in [3.05, 3.63) is 58.9 Å². The molecule has 1 atom stereocenters. The molecule has 2 aromatic rings. The van der Waals surface area contributed by atoms with Gasteiger partial charge in [-0.1, -0.05) is 29.8 Å². The Morgan fingerprint density at radius 1 is 1.32 bits per heavy atom. The van der Waals surface area contributed by atoms with Crippen LogP contribution >= 0.6 is 11.6 Å². The Balaban J connectivity index is 1.62. The fourth-order valence-corrected chi connectivity index (χ4v) is 2.97. The number of nitrogens with zero attached hydrogens (tertiary/aromatic N) is 1. The van der Waals surface area contributed by atoms with Crippen molar-refractivity contribution in [2.45, 2.75) is 37.1 Å².